The molecule has 1 unspecified atom stereocenters. The van der Waals surface area contributed by atoms with Crippen LogP contribution in [0, 0.1) is 5.82 Å². The predicted molar refractivity (Wildman–Crippen MR) is 63.9 cm³/mol. The lowest BCUT2D eigenvalue weighted by molar-refractivity contribution is 0.283. The molecule has 1 rings (SSSR count). The van der Waals surface area contributed by atoms with Crippen LogP contribution >= 0.6 is 0 Å². The number of aryl methyl sites for hydroxylation is 1. The zero-order valence-electron chi connectivity index (χ0n) is 9.75. The van der Waals surface area contributed by atoms with E-state index in [1.165, 1.54) is 6.07 Å². The molecule has 90 valence electrons. The van der Waals surface area contributed by atoms with E-state index < -0.39 is 0 Å². The Kier molecular flexibility index (Phi) is 6.04. The monoisotopic (exact) mass is 225 g/mol. The van der Waals surface area contributed by atoms with Crippen molar-refractivity contribution >= 4 is 0 Å². The summed E-state index contributed by atoms with van der Waals surface area (Å²) in [7, 11) is 0. The summed E-state index contributed by atoms with van der Waals surface area (Å²) < 4.78 is 12.9. The molecule has 1 atom stereocenters. The molecule has 1 aromatic carbocycles. The number of rotatable bonds is 7. The Hall–Kier alpha value is -0.930. The Morgan fingerprint density at radius 1 is 1.44 bits per heavy atom. The summed E-state index contributed by atoms with van der Waals surface area (Å²) in [4.78, 5) is 0. The quantitative estimate of drug-likeness (QED) is 0.697. The first-order valence-corrected chi connectivity index (χ1v) is 5.81. The van der Waals surface area contributed by atoms with E-state index in [9.17, 15) is 4.39 Å². The van der Waals surface area contributed by atoms with E-state index in [0.29, 0.717) is 6.04 Å². The summed E-state index contributed by atoms with van der Waals surface area (Å²) in [5.74, 6) is -0.168. The fraction of sp³-hybridized carbons (Fsp3) is 0.538. The average molecular weight is 225 g/mol. The molecule has 0 aliphatic heterocycles. The normalized spacial score (nSPS) is 12.7. The highest BCUT2D eigenvalue weighted by molar-refractivity contribution is 5.16. The molecule has 0 aliphatic carbocycles. The molecule has 2 N–H and O–H groups in total. The highest BCUT2D eigenvalue weighted by Crippen LogP contribution is 2.07. The zero-order chi connectivity index (χ0) is 11.8. The lowest BCUT2D eigenvalue weighted by atomic mass is 10.1. The first-order chi connectivity index (χ1) is 7.72. The first kappa shape index (κ1) is 13.1. The van der Waals surface area contributed by atoms with Gasteiger partial charge >= 0.3 is 0 Å². The van der Waals surface area contributed by atoms with Gasteiger partial charge in [-0.1, -0.05) is 12.1 Å². The second kappa shape index (κ2) is 7.36. The van der Waals surface area contributed by atoms with Crippen molar-refractivity contribution in [3.8, 4) is 0 Å². The first-order valence-electron chi connectivity index (χ1n) is 5.81. The van der Waals surface area contributed by atoms with Crippen LogP contribution in [0.25, 0.3) is 0 Å². The average Bonchev–Trinajstić information content (AvgIpc) is 2.27. The van der Waals surface area contributed by atoms with Gasteiger partial charge < -0.3 is 10.4 Å². The van der Waals surface area contributed by atoms with Gasteiger partial charge in [-0.05, 0) is 50.4 Å². The topological polar surface area (TPSA) is 32.3 Å². The number of aliphatic hydroxyl groups is 1. The summed E-state index contributed by atoms with van der Waals surface area (Å²) in [5.41, 5.74) is 1.04. The number of aliphatic hydroxyl groups excluding tert-OH is 1. The van der Waals surface area contributed by atoms with E-state index in [2.05, 4.69) is 12.2 Å². The van der Waals surface area contributed by atoms with Gasteiger partial charge in [-0.15, -0.1) is 0 Å². The van der Waals surface area contributed by atoms with Gasteiger partial charge in [-0.2, -0.15) is 0 Å². The van der Waals surface area contributed by atoms with Gasteiger partial charge in [-0.3, -0.25) is 0 Å². The van der Waals surface area contributed by atoms with Crippen LogP contribution in [-0.2, 0) is 6.42 Å². The molecule has 0 heterocycles. The molecule has 0 aromatic heterocycles. The van der Waals surface area contributed by atoms with Gasteiger partial charge in [0.25, 0.3) is 0 Å². The summed E-state index contributed by atoms with van der Waals surface area (Å²) in [6.07, 6.45) is 2.64. The molecule has 0 radical (unpaired) electrons. The Morgan fingerprint density at radius 3 is 2.94 bits per heavy atom. The van der Waals surface area contributed by atoms with Gasteiger partial charge in [0.15, 0.2) is 0 Å². The Morgan fingerprint density at radius 2 is 2.25 bits per heavy atom. The maximum absolute atomic E-state index is 12.9. The summed E-state index contributed by atoms with van der Waals surface area (Å²) in [5, 5.41) is 12.0. The van der Waals surface area contributed by atoms with Crippen molar-refractivity contribution in [2.75, 3.05) is 13.2 Å². The van der Waals surface area contributed by atoms with E-state index in [4.69, 9.17) is 5.11 Å². The lowest BCUT2D eigenvalue weighted by Crippen LogP contribution is -2.27. The maximum atomic E-state index is 12.9. The number of nitrogens with one attached hydrogen (secondary N) is 1. The van der Waals surface area contributed by atoms with Crippen LogP contribution in [-0.4, -0.2) is 24.3 Å². The standard InChI is InChI=1S/C13H20FNO/c1-11(15-8-3-9-16)6-7-12-4-2-5-13(14)10-12/h2,4-5,10-11,15-16H,3,6-9H2,1H3. The number of hydrogen-bond acceptors (Lipinski definition) is 2. The van der Waals surface area contributed by atoms with E-state index >= 15 is 0 Å². The van der Waals surface area contributed by atoms with E-state index in [-0.39, 0.29) is 12.4 Å². The second-order valence-electron chi connectivity index (χ2n) is 4.10. The van der Waals surface area contributed by atoms with Crippen molar-refractivity contribution in [2.24, 2.45) is 0 Å². The summed E-state index contributed by atoms with van der Waals surface area (Å²) in [6, 6.07) is 7.14. The minimum atomic E-state index is -0.168. The Labute approximate surface area is 96.5 Å². The van der Waals surface area contributed by atoms with Crippen molar-refractivity contribution in [1.29, 1.82) is 0 Å². The largest absolute Gasteiger partial charge is 0.396 e. The molecule has 0 saturated carbocycles. The molecule has 0 aliphatic rings. The fourth-order valence-corrected chi connectivity index (χ4v) is 1.61. The van der Waals surface area contributed by atoms with Gasteiger partial charge in [0.1, 0.15) is 5.82 Å². The van der Waals surface area contributed by atoms with Crippen LogP contribution in [0.1, 0.15) is 25.3 Å². The Bertz CT molecular complexity index is 304. The van der Waals surface area contributed by atoms with Gasteiger partial charge in [0, 0.05) is 12.6 Å². The molecule has 0 saturated heterocycles. The van der Waals surface area contributed by atoms with Crippen LogP contribution in [0.4, 0.5) is 4.39 Å². The fourth-order valence-electron chi connectivity index (χ4n) is 1.61. The van der Waals surface area contributed by atoms with Crippen LogP contribution < -0.4 is 5.32 Å². The van der Waals surface area contributed by atoms with Crippen molar-refractivity contribution in [1.82, 2.24) is 5.32 Å². The predicted octanol–water partition coefficient (Wildman–Crippen LogP) is 2.12. The third-order valence-corrected chi connectivity index (χ3v) is 2.58. The number of halogens is 1. The van der Waals surface area contributed by atoms with E-state index in [0.717, 1.165) is 31.4 Å². The highest BCUT2D eigenvalue weighted by Gasteiger charge is 2.02. The molecule has 0 spiro atoms. The maximum Gasteiger partial charge on any atom is 0.123 e. The van der Waals surface area contributed by atoms with Crippen LogP contribution in [0.3, 0.4) is 0 Å². The third kappa shape index (κ3) is 5.24. The lowest BCUT2D eigenvalue weighted by Gasteiger charge is -2.13. The van der Waals surface area contributed by atoms with Gasteiger partial charge in [0.05, 0.1) is 0 Å². The minimum absolute atomic E-state index is 0.168. The molecule has 0 amide bonds. The van der Waals surface area contributed by atoms with Crippen molar-refractivity contribution in [2.45, 2.75) is 32.2 Å². The van der Waals surface area contributed by atoms with E-state index in [1.54, 1.807) is 12.1 Å². The molecule has 0 fully saturated rings. The molecular weight excluding hydrogens is 205 g/mol. The van der Waals surface area contributed by atoms with Crippen molar-refractivity contribution in [3.63, 3.8) is 0 Å². The van der Waals surface area contributed by atoms with Crippen LogP contribution in [0.5, 0.6) is 0 Å². The second-order valence-corrected chi connectivity index (χ2v) is 4.10. The number of benzene rings is 1. The van der Waals surface area contributed by atoms with Gasteiger partial charge in [-0.25, -0.2) is 4.39 Å². The molecule has 16 heavy (non-hydrogen) atoms. The van der Waals surface area contributed by atoms with E-state index in [1.807, 2.05) is 6.07 Å². The molecule has 1 aromatic rings. The van der Waals surface area contributed by atoms with Crippen LogP contribution in [0.15, 0.2) is 24.3 Å². The van der Waals surface area contributed by atoms with Crippen molar-refractivity contribution < 1.29 is 9.50 Å². The summed E-state index contributed by atoms with van der Waals surface area (Å²) >= 11 is 0. The number of hydrogen-bond donors (Lipinski definition) is 2. The highest BCUT2D eigenvalue weighted by atomic mass is 19.1. The Balaban J connectivity index is 2.23. The molecule has 2 nitrogen and oxygen atoms in total. The SMILES string of the molecule is CC(CCc1cccc(F)c1)NCCCO. The van der Waals surface area contributed by atoms with Crippen LogP contribution in [0.2, 0.25) is 0 Å². The smallest absolute Gasteiger partial charge is 0.123 e. The van der Waals surface area contributed by atoms with Crippen molar-refractivity contribution in [3.05, 3.63) is 35.6 Å². The van der Waals surface area contributed by atoms with Gasteiger partial charge in [0.2, 0.25) is 0 Å². The minimum Gasteiger partial charge on any atom is -0.396 e. The zero-order valence-corrected chi connectivity index (χ0v) is 9.75. The third-order valence-electron chi connectivity index (χ3n) is 2.58. The summed E-state index contributed by atoms with van der Waals surface area (Å²) in [6.45, 7) is 3.17. The molecule has 3 heteroatoms. The molecular formula is C13H20FNO. The molecule has 0 bridgehead atoms.